The summed E-state index contributed by atoms with van der Waals surface area (Å²) in [6.07, 6.45) is -0.869. The highest BCUT2D eigenvalue weighted by Crippen LogP contribution is 2.40. The Balaban J connectivity index is 1.66. The number of nitrogens with zero attached hydrogens (tertiary/aromatic N) is 2. The molecule has 1 aliphatic rings. The van der Waals surface area contributed by atoms with Gasteiger partial charge in [-0.25, -0.2) is 4.98 Å². The Kier molecular flexibility index (Phi) is 5.69. The highest BCUT2D eigenvalue weighted by atomic mass is 35.5. The second-order valence-electron chi connectivity index (χ2n) is 7.00. The number of aryl methyl sites for hydroxylation is 1. The van der Waals surface area contributed by atoms with E-state index in [0.717, 1.165) is 16.1 Å². The Hall–Kier alpha value is -2.61. The van der Waals surface area contributed by atoms with E-state index in [9.17, 15) is 9.90 Å². The van der Waals surface area contributed by atoms with Crippen LogP contribution in [0.4, 0.5) is 0 Å². The molecule has 2 aromatic carbocycles. The molecule has 1 unspecified atom stereocenters. The van der Waals surface area contributed by atoms with E-state index in [4.69, 9.17) is 21.1 Å². The number of fused-ring (bicyclic) bond motifs is 1. The van der Waals surface area contributed by atoms with Crippen LogP contribution >= 0.6 is 22.9 Å². The van der Waals surface area contributed by atoms with Crippen molar-refractivity contribution in [1.29, 1.82) is 0 Å². The number of β-amino-alcohol motifs (C(OH)–C–C–N with tert-alkyl or cyclic N) is 1. The first-order valence-corrected chi connectivity index (χ1v) is 10.6. The van der Waals surface area contributed by atoms with Gasteiger partial charge in [0.1, 0.15) is 27.5 Å². The number of aliphatic hydroxyl groups is 1. The monoisotopic (exact) mass is 444 g/mol. The number of halogens is 1. The molecular formula is C22H21ClN2O4S. The second kappa shape index (κ2) is 8.26. The zero-order chi connectivity index (χ0) is 21.4. The molecule has 6 nitrogen and oxygen atoms in total. The van der Waals surface area contributed by atoms with Crippen LogP contribution in [-0.2, 0) is 6.54 Å². The highest BCUT2D eigenvalue weighted by molar-refractivity contribution is 7.17. The first kappa shape index (κ1) is 20.7. The van der Waals surface area contributed by atoms with Gasteiger partial charge >= 0.3 is 0 Å². The Morgan fingerprint density at radius 1 is 1.17 bits per heavy atom. The third-order valence-corrected chi connectivity index (χ3v) is 6.61. The summed E-state index contributed by atoms with van der Waals surface area (Å²) in [7, 11) is 3.13. The molecule has 0 fully saturated rings. The van der Waals surface area contributed by atoms with Crippen LogP contribution in [0.3, 0.4) is 0 Å². The van der Waals surface area contributed by atoms with Gasteiger partial charge in [0.15, 0.2) is 0 Å². The third kappa shape index (κ3) is 3.64. The molecule has 156 valence electrons. The van der Waals surface area contributed by atoms with Gasteiger partial charge in [0, 0.05) is 21.7 Å². The molecule has 0 saturated carbocycles. The second-order valence-corrected chi connectivity index (χ2v) is 8.44. The van der Waals surface area contributed by atoms with Crippen LogP contribution < -0.4 is 9.47 Å². The van der Waals surface area contributed by atoms with Crippen molar-refractivity contribution in [3.05, 3.63) is 63.1 Å². The van der Waals surface area contributed by atoms with Crippen molar-refractivity contribution >= 4 is 28.8 Å². The molecule has 1 aromatic heterocycles. The van der Waals surface area contributed by atoms with E-state index in [1.165, 1.54) is 11.3 Å². The van der Waals surface area contributed by atoms with Crippen molar-refractivity contribution < 1.29 is 19.4 Å². The summed E-state index contributed by atoms with van der Waals surface area (Å²) in [5.41, 5.74) is 2.99. The van der Waals surface area contributed by atoms with Crippen molar-refractivity contribution in [1.82, 2.24) is 9.88 Å². The summed E-state index contributed by atoms with van der Waals surface area (Å²) >= 11 is 7.31. The highest BCUT2D eigenvalue weighted by Gasteiger charge is 2.33. The van der Waals surface area contributed by atoms with Gasteiger partial charge in [-0.05, 0) is 31.2 Å². The lowest BCUT2D eigenvalue weighted by Gasteiger charge is -2.33. The molecule has 0 spiro atoms. The molecule has 1 N–H and O–H groups in total. The van der Waals surface area contributed by atoms with Gasteiger partial charge in [-0.15, -0.1) is 11.3 Å². The maximum atomic E-state index is 13.3. The van der Waals surface area contributed by atoms with Crippen molar-refractivity contribution in [2.75, 3.05) is 20.8 Å². The predicted molar refractivity (Wildman–Crippen MR) is 117 cm³/mol. The quantitative estimate of drug-likeness (QED) is 0.642. The first-order valence-electron chi connectivity index (χ1n) is 9.37. The zero-order valence-electron chi connectivity index (χ0n) is 16.8. The normalized spacial score (nSPS) is 15.6. The number of carbonyl (C=O) groups excluding carboxylic acids is 1. The van der Waals surface area contributed by atoms with Crippen molar-refractivity contribution in [3.63, 3.8) is 0 Å². The fourth-order valence-corrected chi connectivity index (χ4v) is 4.85. The lowest BCUT2D eigenvalue weighted by Crippen LogP contribution is -2.38. The van der Waals surface area contributed by atoms with Crippen LogP contribution in [0.5, 0.6) is 11.5 Å². The van der Waals surface area contributed by atoms with Gasteiger partial charge in [-0.3, -0.25) is 4.79 Å². The molecule has 3 aromatic rings. The Morgan fingerprint density at radius 2 is 1.83 bits per heavy atom. The molecule has 0 radical (unpaired) electrons. The minimum Gasteiger partial charge on any atom is -0.496 e. The van der Waals surface area contributed by atoms with Gasteiger partial charge in [-0.2, -0.15) is 0 Å². The zero-order valence-corrected chi connectivity index (χ0v) is 18.4. The molecule has 30 heavy (non-hydrogen) atoms. The van der Waals surface area contributed by atoms with Crippen LogP contribution in [-0.4, -0.2) is 41.7 Å². The van der Waals surface area contributed by atoms with Crippen molar-refractivity contribution in [2.24, 2.45) is 0 Å². The number of rotatable bonds is 4. The average Bonchev–Trinajstić information content (AvgIpc) is 3.14. The summed E-state index contributed by atoms with van der Waals surface area (Å²) in [6, 6.07) is 10.9. The van der Waals surface area contributed by atoms with Crippen LogP contribution in [0.25, 0.3) is 10.6 Å². The summed E-state index contributed by atoms with van der Waals surface area (Å²) in [4.78, 5) is 20.1. The molecule has 1 aliphatic heterocycles. The number of hydrogen-bond donors (Lipinski definition) is 1. The van der Waals surface area contributed by atoms with Gasteiger partial charge in [0.05, 0.1) is 33.0 Å². The average molecular weight is 445 g/mol. The maximum Gasteiger partial charge on any atom is 0.266 e. The van der Waals surface area contributed by atoms with Crippen LogP contribution in [0.1, 0.15) is 32.6 Å². The summed E-state index contributed by atoms with van der Waals surface area (Å²) in [5, 5.41) is 12.2. The van der Waals surface area contributed by atoms with Crippen molar-refractivity contribution in [2.45, 2.75) is 19.6 Å². The van der Waals surface area contributed by atoms with Gasteiger partial charge < -0.3 is 19.5 Å². The Bertz CT molecular complexity index is 1100. The summed E-state index contributed by atoms with van der Waals surface area (Å²) < 4.78 is 10.9. The number of carbonyl (C=O) groups is 1. The molecule has 8 heteroatoms. The molecule has 0 aliphatic carbocycles. The molecule has 2 heterocycles. The van der Waals surface area contributed by atoms with Crippen molar-refractivity contribution in [3.8, 4) is 22.1 Å². The molecule has 1 atom stereocenters. The van der Waals surface area contributed by atoms with Gasteiger partial charge in [0.25, 0.3) is 5.91 Å². The van der Waals surface area contributed by atoms with Crippen LogP contribution in [0.2, 0.25) is 5.02 Å². The van der Waals surface area contributed by atoms with E-state index in [-0.39, 0.29) is 12.5 Å². The fourth-order valence-electron chi connectivity index (χ4n) is 3.69. The van der Waals surface area contributed by atoms with Gasteiger partial charge in [-0.1, -0.05) is 23.7 Å². The molecule has 1 amide bonds. The number of benzene rings is 2. The number of amides is 1. The number of methoxy groups -OCH3 is 2. The number of aliphatic hydroxyl groups excluding tert-OH is 1. The molecular weight excluding hydrogens is 424 g/mol. The largest absolute Gasteiger partial charge is 0.496 e. The summed E-state index contributed by atoms with van der Waals surface area (Å²) in [5.74, 6) is 1.04. The van der Waals surface area contributed by atoms with E-state index in [1.54, 1.807) is 43.4 Å². The minimum absolute atomic E-state index is 0.167. The third-order valence-electron chi connectivity index (χ3n) is 5.16. The van der Waals surface area contributed by atoms with Crippen LogP contribution in [0, 0.1) is 6.92 Å². The number of thiazole rings is 1. The number of ether oxygens (including phenoxy) is 2. The first-order chi connectivity index (χ1) is 14.4. The number of aromatic nitrogens is 1. The standard InChI is InChI=1S/C22H21ClN2O4S/c1-12-20(30-21(24-12)13-4-6-14(23)7-5-13)22(27)25-10-15-17(28-2)8-9-18(29-3)19(15)16(26)11-25/h4-9,16,26H,10-11H2,1-3H3. The molecule has 0 saturated heterocycles. The van der Waals surface area contributed by atoms with Gasteiger partial charge in [0.2, 0.25) is 0 Å². The van der Waals surface area contributed by atoms with E-state index >= 15 is 0 Å². The summed E-state index contributed by atoms with van der Waals surface area (Å²) in [6.45, 7) is 2.31. The van der Waals surface area contributed by atoms with Crippen LogP contribution in [0.15, 0.2) is 36.4 Å². The Labute approximate surface area is 183 Å². The number of hydrogen-bond acceptors (Lipinski definition) is 6. The topological polar surface area (TPSA) is 71.9 Å². The SMILES string of the molecule is COc1ccc(OC)c2c1CN(C(=O)c1sc(-c3ccc(Cl)cc3)nc1C)CC2O. The molecule has 4 rings (SSSR count). The fraction of sp³-hybridized carbons (Fsp3) is 0.273. The maximum absolute atomic E-state index is 13.3. The predicted octanol–water partition coefficient (Wildman–Crippen LogP) is 4.48. The lowest BCUT2D eigenvalue weighted by atomic mass is 9.95. The lowest BCUT2D eigenvalue weighted by molar-refractivity contribution is 0.0542. The van der Waals surface area contributed by atoms with E-state index < -0.39 is 6.10 Å². The smallest absolute Gasteiger partial charge is 0.266 e. The van der Waals surface area contributed by atoms with E-state index in [0.29, 0.717) is 39.2 Å². The van der Waals surface area contributed by atoms with E-state index in [1.807, 2.05) is 19.1 Å². The minimum atomic E-state index is -0.869. The Morgan fingerprint density at radius 3 is 2.50 bits per heavy atom. The molecule has 0 bridgehead atoms. The van der Waals surface area contributed by atoms with E-state index in [2.05, 4.69) is 4.98 Å².